The second-order valence-electron chi connectivity index (χ2n) is 4.93. The fourth-order valence-corrected chi connectivity index (χ4v) is 2.13. The number of halogens is 2. The van der Waals surface area contributed by atoms with E-state index in [2.05, 4.69) is 10.6 Å². The van der Waals surface area contributed by atoms with Gasteiger partial charge in [0, 0.05) is 12.7 Å². The molecular formula is C18H15ClFN3O. The van der Waals surface area contributed by atoms with Gasteiger partial charge in [-0.1, -0.05) is 35.9 Å². The van der Waals surface area contributed by atoms with E-state index in [1.54, 1.807) is 36.4 Å². The second-order valence-corrected chi connectivity index (χ2v) is 5.34. The number of carbonyl (C=O) groups is 1. The third-order valence-electron chi connectivity index (χ3n) is 3.20. The van der Waals surface area contributed by atoms with Gasteiger partial charge >= 0.3 is 0 Å². The Morgan fingerprint density at radius 1 is 1.21 bits per heavy atom. The van der Waals surface area contributed by atoms with Gasteiger partial charge < -0.3 is 10.6 Å². The zero-order chi connectivity index (χ0) is 17.4. The molecule has 0 aliphatic rings. The van der Waals surface area contributed by atoms with Crippen LogP contribution >= 0.6 is 11.6 Å². The standard InChI is InChI=1S/C18H15ClFN3O/c19-16-3-1-2-4-17(16)23-18(24)14(11-21)12-22-10-9-13-5-7-15(20)8-6-13/h1-8,12,22H,9-10H2,(H,23,24)/b14-12-. The van der Waals surface area contributed by atoms with Crippen LogP contribution in [0.25, 0.3) is 0 Å². The van der Waals surface area contributed by atoms with Crippen molar-refractivity contribution in [3.8, 4) is 6.07 Å². The molecule has 0 saturated carbocycles. The number of hydrogen-bond acceptors (Lipinski definition) is 3. The molecule has 0 unspecified atom stereocenters. The Balaban J connectivity index is 1.89. The Kier molecular flexibility index (Phi) is 6.35. The molecule has 0 heterocycles. The highest BCUT2D eigenvalue weighted by Crippen LogP contribution is 2.20. The predicted octanol–water partition coefficient (Wildman–Crippen LogP) is 3.66. The number of rotatable bonds is 6. The molecule has 2 aromatic carbocycles. The number of carbonyl (C=O) groups excluding carboxylic acids is 1. The third kappa shape index (κ3) is 5.11. The number of para-hydroxylation sites is 1. The van der Waals surface area contributed by atoms with Crippen LogP contribution in [0.4, 0.5) is 10.1 Å². The molecule has 2 rings (SSSR count). The number of hydrogen-bond donors (Lipinski definition) is 2. The molecule has 0 spiro atoms. The van der Waals surface area contributed by atoms with E-state index < -0.39 is 5.91 Å². The van der Waals surface area contributed by atoms with E-state index >= 15 is 0 Å². The Bertz CT molecular complexity index is 782. The minimum atomic E-state index is -0.542. The molecule has 0 fully saturated rings. The van der Waals surface area contributed by atoms with Crippen LogP contribution < -0.4 is 10.6 Å². The molecule has 2 N–H and O–H groups in total. The Hall–Kier alpha value is -2.84. The fourth-order valence-electron chi connectivity index (χ4n) is 1.94. The van der Waals surface area contributed by atoms with E-state index in [0.29, 0.717) is 23.7 Å². The largest absolute Gasteiger partial charge is 0.389 e. The summed E-state index contributed by atoms with van der Waals surface area (Å²) >= 11 is 5.96. The van der Waals surface area contributed by atoms with Crippen molar-refractivity contribution >= 4 is 23.2 Å². The quantitative estimate of drug-likeness (QED) is 0.478. The molecule has 24 heavy (non-hydrogen) atoms. The second kappa shape index (κ2) is 8.70. The highest BCUT2D eigenvalue weighted by atomic mass is 35.5. The van der Waals surface area contributed by atoms with Gasteiger partial charge in [0.25, 0.3) is 5.91 Å². The van der Waals surface area contributed by atoms with Gasteiger partial charge in [0.1, 0.15) is 17.5 Å². The number of amides is 1. The SMILES string of the molecule is N#C/C(=C/NCCc1ccc(F)cc1)C(=O)Nc1ccccc1Cl. The lowest BCUT2D eigenvalue weighted by molar-refractivity contribution is -0.112. The van der Waals surface area contributed by atoms with Crippen molar-refractivity contribution in [2.45, 2.75) is 6.42 Å². The van der Waals surface area contributed by atoms with Crippen molar-refractivity contribution in [1.82, 2.24) is 5.32 Å². The molecule has 1 amide bonds. The summed E-state index contributed by atoms with van der Waals surface area (Å²) in [6.07, 6.45) is 2.00. The van der Waals surface area contributed by atoms with Crippen LogP contribution in [0.2, 0.25) is 5.02 Å². The van der Waals surface area contributed by atoms with Crippen LogP contribution in [0.5, 0.6) is 0 Å². The molecule has 0 aliphatic heterocycles. The van der Waals surface area contributed by atoms with Crippen LogP contribution in [0.1, 0.15) is 5.56 Å². The van der Waals surface area contributed by atoms with E-state index in [-0.39, 0.29) is 11.4 Å². The normalized spacial score (nSPS) is 10.8. The predicted molar refractivity (Wildman–Crippen MR) is 91.9 cm³/mol. The number of nitrogens with one attached hydrogen (secondary N) is 2. The highest BCUT2D eigenvalue weighted by molar-refractivity contribution is 6.33. The molecule has 6 heteroatoms. The van der Waals surface area contributed by atoms with E-state index in [4.69, 9.17) is 16.9 Å². The first-order valence-corrected chi connectivity index (χ1v) is 7.62. The highest BCUT2D eigenvalue weighted by Gasteiger charge is 2.10. The van der Waals surface area contributed by atoms with E-state index in [1.165, 1.54) is 18.3 Å². The maximum atomic E-state index is 12.8. The lowest BCUT2D eigenvalue weighted by Gasteiger charge is -2.06. The fraction of sp³-hybridized carbons (Fsp3) is 0.111. The minimum absolute atomic E-state index is 0.0611. The smallest absolute Gasteiger partial charge is 0.267 e. The third-order valence-corrected chi connectivity index (χ3v) is 3.53. The van der Waals surface area contributed by atoms with Crippen LogP contribution in [-0.2, 0) is 11.2 Å². The monoisotopic (exact) mass is 343 g/mol. The van der Waals surface area contributed by atoms with Crippen LogP contribution in [0.3, 0.4) is 0 Å². The van der Waals surface area contributed by atoms with Gasteiger partial charge in [0.2, 0.25) is 0 Å². The lowest BCUT2D eigenvalue weighted by atomic mass is 10.1. The van der Waals surface area contributed by atoms with Gasteiger partial charge in [-0.2, -0.15) is 5.26 Å². The average molecular weight is 344 g/mol. The summed E-state index contributed by atoms with van der Waals surface area (Å²) in [5, 5.41) is 15.0. The van der Waals surface area contributed by atoms with E-state index in [1.807, 2.05) is 6.07 Å². The summed E-state index contributed by atoms with van der Waals surface area (Å²) in [6.45, 7) is 0.510. The molecular weight excluding hydrogens is 329 g/mol. The van der Waals surface area contributed by atoms with Crippen molar-refractivity contribution in [2.24, 2.45) is 0 Å². The van der Waals surface area contributed by atoms with Crippen LogP contribution in [0, 0.1) is 17.1 Å². The van der Waals surface area contributed by atoms with Crippen molar-refractivity contribution in [3.63, 3.8) is 0 Å². The van der Waals surface area contributed by atoms with E-state index in [9.17, 15) is 9.18 Å². The first-order chi connectivity index (χ1) is 11.6. The maximum absolute atomic E-state index is 12.8. The van der Waals surface area contributed by atoms with Crippen molar-refractivity contribution in [2.75, 3.05) is 11.9 Å². The van der Waals surface area contributed by atoms with Gasteiger partial charge in [0.05, 0.1) is 10.7 Å². The summed E-state index contributed by atoms with van der Waals surface area (Å²) < 4.78 is 12.8. The van der Waals surface area contributed by atoms with Gasteiger partial charge in [-0.3, -0.25) is 4.79 Å². The van der Waals surface area contributed by atoms with Crippen molar-refractivity contribution in [1.29, 1.82) is 5.26 Å². The molecule has 0 bridgehead atoms. The van der Waals surface area contributed by atoms with Crippen molar-refractivity contribution in [3.05, 3.63) is 76.7 Å². The molecule has 4 nitrogen and oxygen atoms in total. The van der Waals surface area contributed by atoms with Gasteiger partial charge in [-0.15, -0.1) is 0 Å². The van der Waals surface area contributed by atoms with Gasteiger partial charge in [0.15, 0.2) is 0 Å². The Labute approximate surface area is 144 Å². The molecule has 0 aliphatic carbocycles. The zero-order valence-corrected chi connectivity index (χ0v) is 13.5. The minimum Gasteiger partial charge on any atom is -0.389 e. The molecule has 2 aromatic rings. The summed E-state index contributed by atoms with van der Waals surface area (Å²) in [5.41, 5.74) is 1.34. The summed E-state index contributed by atoms with van der Waals surface area (Å²) in [7, 11) is 0. The Morgan fingerprint density at radius 2 is 1.92 bits per heavy atom. The number of benzene rings is 2. The van der Waals surface area contributed by atoms with Crippen LogP contribution in [0.15, 0.2) is 60.3 Å². The van der Waals surface area contributed by atoms with E-state index in [0.717, 1.165) is 5.56 Å². The molecule has 0 aromatic heterocycles. The number of nitriles is 1. The van der Waals surface area contributed by atoms with Crippen LogP contribution in [-0.4, -0.2) is 12.5 Å². The lowest BCUT2D eigenvalue weighted by Crippen LogP contribution is -2.18. The summed E-state index contributed by atoms with van der Waals surface area (Å²) in [6, 6.07) is 14.8. The topological polar surface area (TPSA) is 64.9 Å². The number of nitrogens with zero attached hydrogens (tertiary/aromatic N) is 1. The molecule has 122 valence electrons. The zero-order valence-electron chi connectivity index (χ0n) is 12.7. The molecule has 0 atom stereocenters. The Morgan fingerprint density at radius 3 is 2.58 bits per heavy atom. The summed E-state index contributed by atoms with van der Waals surface area (Å²) in [5.74, 6) is -0.825. The van der Waals surface area contributed by atoms with Gasteiger partial charge in [-0.25, -0.2) is 4.39 Å². The number of anilines is 1. The maximum Gasteiger partial charge on any atom is 0.267 e. The average Bonchev–Trinajstić information content (AvgIpc) is 2.58. The summed E-state index contributed by atoms with van der Waals surface area (Å²) in [4.78, 5) is 12.1. The first-order valence-electron chi connectivity index (χ1n) is 7.24. The molecule has 0 saturated heterocycles. The van der Waals surface area contributed by atoms with Gasteiger partial charge in [-0.05, 0) is 36.2 Å². The molecule has 0 radical (unpaired) electrons. The first kappa shape index (κ1) is 17.5. The van der Waals surface area contributed by atoms with Crippen molar-refractivity contribution < 1.29 is 9.18 Å².